The summed E-state index contributed by atoms with van der Waals surface area (Å²) < 4.78 is 16.4. The molecule has 2 aliphatic heterocycles. The van der Waals surface area contributed by atoms with Crippen LogP contribution in [-0.4, -0.2) is 50.6 Å². The Bertz CT molecular complexity index is 952. The number of hydrogen-bond donors (Lipinski definition) is 0. The molecule has 0 radical (unpaired) electrons. The van der Waals surface area contributed by atoms with Crippen LogP contribution < -0.4 is 10.6 Å². The van der Waals surface area contributed by atoms with E-state index in [1.807, 2.05) is 22.9 Å². The zero-order valence-corrected chi connectivity index (χ0v) is 17.7. The number of likely N-dealkylation sites (N-methyl/N-ethyl adjacent to an activating group) is 1. The fraction of sp³-hybridized carbons (Fsp3) is 0.500. The summed E-state index contributed by atoms with van der Waals surface area (Å²) in [6.07, 6.45) is 0. The lowest BCUT2D eigenvalue weighted by atomic mass is 10.1. The number of piperazine rings is 1. The fourth-order valence-corrected chi connectivity index (χ4v) is 5.81. The van der Waals surface area contributed by atoms with Crippen molar-refractivity contribution < 1.29 is 4.39 Å². The molecule has 2 aromatic rings. The summed E-state index contributed by atoms with van der Waals surface area (Å²) in [7, 11) is 2.10. The van der Waals surface area contributed by atoms with Crippen molar-refractivity contribution in [2.75, 3.05) is 30.8 Å². The molecule has 1 saturated heterocycles. The van der Waals surface area contributed by atoms with Gasteiger partial charge in [0.05, 0.1) is 49.7 Å². The zero-order valence-electron chi connectivity index (χ0n) is 14.0. The van der Waals surface area contributed by atoms with Crippen LogP contribution in [0.5, 0.6) is 0 Å². The van der Waals surface area contributed by atoms with E-state index in [1.54, 1.807) is 6.92 Å². The third-order valence-corrected chi connectivity index (χ3v) is 7.75. The summed E-state index contributed by atoms with van der Waals surface area (Å²) in [6.45, 7) is 5.41. The van der Waals surface area contributed by atoms with Gasteiger partial charge < -0.3 is 4.90 Å². The standard InChI is InChI=1S/C16H17ClFIN4OS/c1-7-4-22-9(5-21(7)3)6-25-14-10-13(11(17)8(2)12(14)18)23(19)16(24)20-15(10)22/h7,9H,4-6H2,1-3H3. The lowest BCUT2D eigenvalue weighted by Crippen LogP contribution is -2.57. The Morgan fingerprint density at radius 3 is 2.84 bits per heavy atom. The Morgan fingerprint density at radius 1 is 1.40 bits per heavy atom. The number of rotatable bonds is 0. The van der Waals surface area contributed by atoms with Gasteiger partial charge in [0.1, 0.15) is 11.6 Å². The van der Waals surface area contributed by atoms with Gasteiger partial charge in [0, 0.05) is 30.4 Å². The van der Waals surface area contributed by atoms with Crippen molar-refractivity contribution in [3.63, 3.8) is 0 Å². The van der Waals surface area contributed by atoms with Crippen molar-refractivity contribution >= 4 is 62.9 Å². The summed E-state index contributed by atoms with van der Waals surface area (Å²) in [6, 6.07) is 0.504. The molecule has 0 N–H and O–H groups in total. The minimum Gasteiger partial charge on any atom is -0.349 e. The van der Waals surface area contributed by atoms with E-state index in [0.29, 0.717) is 33.2 Å². The molecule has 0 bridgehead atoms. The monoisotopic (exact) mass is 494 g/mol. The molecular formula is C16H17ClFIN4OS. The van der Waals surface area contributed by atoms with Crippen LogP contribution in [0.1, 0.15) is 12.5 Å². The van der Waals surface area contributed by atoms with Crippen LogP contribution in [0.25, 0.3) is 10.9 Å². The van der Waals surface area contributed by atoms with Crippen LogP contribution >= 0.6 is 46.2 Å². The smallest absolute Gasteiger partial charge is 0.349 e. The molecule has 4 rings (SSSR count). The van der Waals surface area contributed by atoms with Gasteiger partial charge in [0.15, 0.2) is 0 Å². The highest BCUT2D eigenvalue weighted by Gasteiger charge is 2.36. The molecule has 134 valence electrons. The molecule has 25 heavy (non-hydrogen) atoms. The number of aromatic nitrogens is 2. The van der Waals surface area contributed by atoms with E-state index in [9.17, 15) is 9.18 Å². The predicted octanol–water partition coefficient (Wildman–Crippen LogP) is 3.31. The molecule has 2 aliphatic rings. The van der Waals surface area contributed by atoms with Crippen LogP contribution in [0.2, 0.25) is 5.02 Å². The molecule has 2 atom stereocenters. The van der Waals surface area contributed by atoms with Crippen molar-refractivity contribution in [1.29, 1.82) is 0 Å². The van der Waals surface area contributed by atoms with E-state index in [-0.39, 0.29) is 22.6 Å². The maximum absolute atomic E-state index is 15.0. The first-order chi connectivity index (χ1) is 11.8. The minimum absolute atomic E-state index is 0.178. The molecule has 1 aromatic carbocycles. The van der Waals surface area contributed by atoms with E-state index < -0.39 is 0 Å². The molecule has 0 saturated carbocycles. The fourth-order valence-electron chi connectivity index (χ4n) is 3.56. The van der Waals surface area contributed by atoms with E-state index in [2.05, 4.69) is 28.8 Å². The number of hydrogen-bond acceptors (Lipinski definition) is 5. The Labute approximate surface area is 168 Å². The van der Waals surface area contributed by atoms with E-state index >= 15 is 0 Å². The number of anilines is 1. The third kappa shape index (κ3) is 2.59. The number of halogens is 3. The topological polar surface area (TPSA) is 41.4 Å². The second kappa shape index (κ2) is 6.24. The summed E-state index contributed by atoms with van der Waals surface area (Å²) in [5, 5.41) is 0.943. The lowest BCUT2D eigenvalue weighted by Gasteiger charge is -2.43. The highest BCUT2D eigenvalue weighted by molar-refractivity contribution is 14.1. The molecule has 0 aliphatic carbocycles. The van der Waals surface area contributed by atoms with Crippen LogP contribution in [0.15, 0.2) is 9.69 Å². The SMILES string of the molecule is Cc1c(F)c2c3c(nc(=O)n(I)c3c1Cl)N1CC(C)N(C)CC1CS2. The van der Waals surface area contributed by atoms with Gasteiger partial charge in [-0.1, -0.05) is 11.6 Å². The average Bonchev–Trinajstić information content (AvgIpc) is 2.71. The van der Waals surface area contributed by atoms with Crippen molar-refractivity contribution in [1.82, 2.24) is 12.7 Å². The number of benzene rings is 1. The maximum Gasteiger partial charge on any atom is 0.359 e. The molecule has 1 aromatic heterocycles. The van der Waals surface area contributed by atoms with Crippen molar-refractivity contribution in [3.8, 4) is 0 Å². The molecule has 9 heteroatoms. The third-order valence-electron chi connectivity index (χ3n) is 5.16. The van der Waals surface area contributed by atoms with Gasteiger partial charge in [0.2, 0.25) is 0 Å². The van der Waals surface area contributed by atoms with Gasteiger partial charge in [-0.3, -0.25) is 4.90 Å². The normalized spacial score (nSPS) is 23.7. The first-order valence-electron chi connectivity index (χ1n) is 8.01. The van der Waals surface area contributed by atoms with Crippen molar-refractivity contribution in [3.05, 3.63) is 26.9 Å². The van der Waals surface area contributed by atoms with Crippen molar-refractivity contribution in [2.45, 2.75) is 30.8 Å². The van der Waals surface area contributed by atoms with Crippen LogP contribution in [0, 0.1) is 12.7 Å². The lowest BCUT2D eigenvalue weighted by molar-refractivity contribution is 0.207. The highest BCUT2D eigenvalue weighted by atomic mass is 127. The number of nitrogens with zero attached hydrogens (tertiary/aromatic N) is 4. The first kappa shape index (κ1) is 17.8. The summed E-state index contributed by atoms with van der Waals surface area (Å²) in [4.78, 5) is 21.8. The Morgan fingerprint density at radius 2 is 2.12 bits per heavy atom. The maximum atomic E-state index is 15.0. The summed E-state index contributed by atoms with van der Waals surface area (Å²) in [5.41, 5.74) is 0.564. The van der Waals surface area contributed by atoms with Crippen LogP contribution in [0.4, 0.5) is 10.2 Å². The molecule has 1 fully saturated rings. The van der Waals surface area contributed by atoms with Crippen molar-refractivity contribution in [2.24, 2.45) is 0 Å². The Hall–Kier alpha value is -0.580. The van der Waals surface area contributed by atoms with E-state index in [1.165, 1.54) is 14.5 Å². The molecule has 2 unspecified atom stereocenters. The molecule has 5 nitrogen and oxygen atoms in total. The Kier molecular flexibility index (Phi) is 4.45. The van der Waals surface area contributed by atoms with Gasteiger partial charge in [0.25, 0.3) is 0 Å². The zero-order chi connectivity index (χ0) is 18.0. The minimum atomic E-state index is -0.376. The van der Waals surface area contributed by atoms with Crippen LogP contribution in [-0.2, 0) is 0 Å². The Balaban J connectivity index is 2.09. The molecule has 0 spiro atoms. The highest BCUT2D eigenvalue weighted by Crippen LogP contribution is 2.45. The van der Waals surface area contributed by atoms with E-state index in [4.69, 9.17) is 11.6 Å². The van der Waals surface area contributed by atoms with Gasteiger partial charge in [-0.25, -0.2) is 12.0 Å². The summed E-state index contributed by atoms with van der Waals surface area (Å²) in [5.74, 6) is 1.01. The second-order valence-corrected chi connectivity index (χ2v) is 9.08. The van der Waals surface area contributed by atoms with Gasteiger partial charge in [-0.05, 0) is 20.9 Å². The molecule has 3 heterocycles. The van der Waals surface area contributed by atoms with Crippen LogP contribution in [0.3, 0.4) is 0 Å². The second-order valence-electron chi connectivity index (χ2n) is 6.71. The largest absolute Gasteiger partial charge is 0.359 e. The van der Waals surface area contributed by atoms with Gasteiger partial charge in [-0.15, -0.1) is 11.8 Å². The van der Waals surface area contributed by atoms with Gasteiger partial charge in [-0.2, -0.15) is 4.98 Å². The predicted molar refractivity (Wildman–Crippen MR) is 109 cm³/mol. The quantitative estimate of drug-likeness (QED) is 0.526. The van der Waals surface area contributed by atoms with Gasteiger partial charge >= 0.3 is 5.69 Å². The number of fused-ring (bicyclic) bond motifs is 2. The molecular weight excluding hydrogens is 478 g/mol. The average molecular weight is 495 g/mol. The molecule has 0 amide bonds. The number of thioether (sulfide) groups is 1. The van der Waals surface area contributed by atoms with E-state index in [0.717, 1.165) is 18.8 Å². The first-order valence-corrected chi connectivity index (χ1v) is 10.3. The summed E-state index contributed by atoms with van der Waals surface area (Å²) >= 11 is 9.84.